The lowest BCUT2D eigenvalue weighted by atomic mass is 9.80. The van der Waals surface area contributed by atoms with Gasteiger partial charge in [0.25, 0.3) is 11.8 Å². The predicted octanol–water partition coefficient (Wildman–Crippen LogP) is 0.455. The Morgan fingerprint density at radius 3 is 2.31 bits per heavy atom. The molecule has 0 spiro atoms. The molecular weight excluding hydrogens is 578 g/mol. The number of aliphatic hydroxyl groups excluding tert-OH is 1. The third-order valence-electron chi connectivity index (χ3n) is 9.32. The molecule has 45 heavy (non-hydrogen) atoms. The van der Waals surface area contributed by atoms with Gasteiger partial charge >= 0.3 is 0 Å². The van der Waals surface area contributed by atoms with Gasteiger partial charge in [0, 0.05) is 36.8 Å². The van der Waals surface area contributed by atoms with Crippen LogP contribution in [0.5, 0.6) is 0 Å². The molecule has 0 bridgehead atoms. The molecular formula is C32H45N7O6. The Bertz CT molecular complexity index is 1300. The topological polar surface area (TPSA) is 183 Å². The Morgan fingerprint density at radius 1 is 0.978 bits per heavy atom. The number of amides is 5. The number of fused-ring (bicyclic) bond motifs is 1. The molecule has 13 nitrogen and oxygen atoms in total. The lowest BCUT2D eigenvalue weighted by Gasteiger charge is -2.38. The SMILES string of the molecule is CC(C)(C)[C@H](NC(=O)[C@@H](NC(=O)c1cnccn1)C1CCCCC1)C(=O)N1CC2C=C[C@@H]2[C@H]1C(=O)NCC(O)C(=O)NC1CC1. The molecule has 3 aliphatic carbocycles. The first-order valence-electron chi connectivity index (χ1n) is 16.1. The van der Waals surface area contributed by atoms with Gasteiger partial charge in [0.05, 0.1) is 12.7 Å². The molecule has 6 atom stereocenters. The Labute approximate surface area is 263 Å². The number of nitrogens with one attached hydrogen (secondary N) is 4. The molecule has 1 aliphatic heterocycles. The van der Waals surface area contributed by atoms with Crippen molar-refractivity contribution in [1.82, 2.24) is 36.1 Å². The van der Waals surface area contributed by atoms with Crippen LogP contribution in [0.15, 0.2) is 30.7 Å². The van der Waals surface area contributed by atoms with Gasteiger partial charge in [0.15, 0.2) is 0 Å². The Balaban J connectivity index is 1.30. The quantitative estimate of drug-likeness (QED) is 0.220. The van der Waals surface area contributed by atoms with Crippen molar-refractivity contribution in [2.24, 2.45) is 23.2 Å². The van der Waals surface area contributed by atoms with Gasteiger partial charge in [-0.3, -0.25) is 29.0 Å². The van der Waals surface area contributed by atoms with E-state index in [0.717, 1.165) is 44.9 Å². The van der Waals surface area contributed by atoms with E-state index in [-0.39, 0.29) is 36.0 Å². The molecule has 1 saturated heterocycles. The minimum Gasteiger partial charge on any atom is -0.381 e. The number of aliphatic hydroxyl groups is 1. The lowest BCUT2D eigenvalue weighted by molar-refractivity contribution is -0.145. The first kappa shape index (κ1) is 32.5. The Kier molecular flexibility index (Phi) is 9.85. The summed E-state index contributed by atoms with van der Waals surface area (Å²) in [6, 6.07) is -2.64. The van der Waals surface area contributed by atoms with Crippen molar-refractivity contribution >= 4 is 29.5 Å². The molecule has 5 N–H and O–H groups in total. The Hall–Kier alpha value is -3.87. The summed E-state index contributed by atoms with van der Waals surface area (Å²) >= 11 is 0. The summed E-state index contributed by atoms with van der Waals surface area (Å²) in [6.07, 6.45) is 12.9. The second-order valence-corrected chi connectivity index (χ2v) is 13.9. The van der Waals surface area contributed by atoms with Crippen LogP contribution in [0.3, 0.4) is 0 Å². The average Bonchev–Trinajstić information content (AvgIpc) is 3.79. The van der Waals surface area contributed by atoms with Crippen molar-refractivity contribution in [2.45, 2.75) is 96.0 Å². The van der Waals surface area contributed by atoms with Crippen molar-refractivity contribution < 1.29 is 29.1 Å². The maximum Gasteiger partial charge on any atom is 0.272 e. The monoisotopic (exact) mass is 623 g/mol. The third-order valence-corrected chi connectivity index (χ3v) is 9.32. The second-order valence-electron chi connectivity index (χ2n) is 13.9. The summed E-state index contributed by atoms with van der Waals surface area (Å²) in [5.74, 6) is -2.69. The van der Waals surface area contributed by atoms with Gasteiger partial charge in [-0.2, -0.15) is 0 Å². The van der Waals surface area contributed by atoms with Gasteiger partial charge in [-0.1, -0.05) is 52.2 Å². The van der Waals surface area contributed by atoms with Crippen molar-refractivity contribution in [1.29, 1.82) is 0 Å². The highest BCUT2D eigenvalue weighted by Gasteiger charge is 2.51. The first-order valence-corrected chi connectivity index (χ1v) is 16.1. The van der Waals surface area contributed by atoms with Crippen molar-refractivity contribution in [3.05, 3.63) is 36.4 Å². The van der Waals surface area contributed by atoms with Gasteiger partial charge in [-0.05, 0) is 37.0 Å². The van der Waals surface area contributed by atoms with E-state index >= 15 is 0 Å². The minimum absolute atomic E-state index is 0.00892. The molecule has 0 radical (unpaired) electrons. The summed E-state index contributed by atoms with van der Waals surface area (Å²) in [7, 11) is 0. The molecule has 2 heterocycles. The molecule has 0 aromatic carbocycles. The summed E-state index contributed by atoms with van der Waals surface area (Å²) < 4.78 is 0. The number of likely N-dealkylation sites (tertiary alicyclic amines) is 1. The van der Waals surface area contributed by atoms with Gasteiger partial charge < -0.3 is 31.3 Å². The largest absolute Gasteiger partial charge is 0.381 e. The first-order chi connectivity index (χ1) is 21.4. The summed E-state index contributed by atoms with van der Waals surface area (Å²) in [6.45, 7) is 5.56. The highest BCUT2D eigenvalue weighted by molar-refractivity contribution is 5.98. The van der Waals surface area contributed by atoms with E-state index < -0.39 is 59.2 Å². The minimum atomic E-state index is -1.40. The number of nitrogens with zero attached hydrogens (tertiary/aromatic N) is 3. The van der Waals surface area contributed by atoms with E-state index in [1.54, 1.807) is 0 Å². The van der Waals surface area contributed by atoms with Gasteiger partial charge in [-0.25, -0.2) is 4.98 Å². The van der Waals surface area contributed by atoms with Crippen LogP contribution < -0.4 is 21.3 Å². The van der Waals surface area contributed by atoms with Crippen LogP contribution in [-0.2, 0) is 19.2 Å². The van der Waals surface area contributed by atoms with Crippen molar-refractivity contribution in [3.63, 3.8) is 0 Å². The maximum atomic E-state index is 14.3. The zero-order valence-corrected chi connectivity index (χ0v) is 26.2. The number of hydrogen-bond acceptors (Lipinski definition) is 8. The van der Waals surface area contributed by atoms with E-state index in [1.807, 2.05) is 32.9 Å². The van der Waals surface area contributed by atoms with Crippen LogP contribution in [0.25, 0.3) is 0 Å². The zero-order valence-electron chi connectivity index (χ0n) is 26.2. The van der Waals surface area contributed by atoms with Crippen LogP contribution in [0, 0.1) is 23.2 Å². The van der Waals surface area contributed by atoms with Gasteiger partial charge in [0.1, 0.15) is 29.9 Å². The molecule has 1 aromatic rings. The molecule has 4 aliphatic rings. The Morgan fingerprint density at radius 2 is 1.71 bits per heavy atom. The van der Waals surface area contributed by atoms with E-state index in [0.29, 0.717) is 6.54 Å². The highest BCUT2D eigenvalue weighted by atomic mass is 16.3. The fourth-order valence-corrected chi connectivity index (χ4v) is 6.47. The molecule has 13 heteroatoms. The fraction of sp³-hybridized carbons (Fsp3) is 0.656. The third kappa shape index (κ3) is 7.69. The predicted molar refractivity (Wildman–Crippen MR) is 163 cm³/mol. The highest BCUT2D eigenvalue weighted by Crippen LogP contribution is 2.40. The molecule has 1 aromatic heterocycles. The van der Waals surface area contributed by atoms with Crippen molar-refractivity contribution in [2.75, 3.05) is 13.1 Å². The standard InChI is InChI=1S/C32H45N7O6/c1-32(2,3)26(38-29(43)24(18-7-5-4-6-8-18)37-27(41)22-15-33-13-14-34-22)31(45)39-17-19-9-12-21(19)25(39)30(44)35-16-23(40)28(42)36-20-10-11-20/h9,12-15,18-21,23-26,40H,4-8,10-11,16-17H2,1-3H3,(H,35,44)(H,36,42)(H,37,41)(H,38,43)/t19?,21-,23?,24-,25-,26+/m0/s1. The number of rotatable bonds is 11. The normalized spacial score (nSPS) is 24.8. The van der Waals surface area contributed by atoms with Gasteiger partial charge in [-0.15, -0.1) is 0 Å². The summed E-state index contributed by atoms with van der Waals surface area (Å²) in [4.78, 5) is 76.5. The van der Waals surface area contributed by atoms with E-state index in [4.69, 9.17) is 0 Å². The smallest absolute Gasteiger partial charge is 0.272 e. The fourth-order valence-electron chi connectivity index (χ4n) is 6.47. The summed E-state index contributed by atoms with van der Waals surface area (Å²) in [5.41, 5.74) is -0.634. The lowest BCUT2D eigenvalue weighted by Crippen LogP contribution is -2.62. The average molecular weight is 624 g/mol. The zero-order chi connectivity index (χ0) is 32.3. The maximum absolute atomic E-state index is 14.3. The van der Waals surface area contributed by atoms with Crippen LogP contribution in [-0.4, -0.2) is 92.9 Å². The van der Waals surface area contributed by atoms with E-state index in [1.165, 1.54) is 23.5 Å². The molecule has 244 valence electrons. The molecule has 2 unspecified atom stereocenters. The van der Waals surface area contributed by atoms with Gasteiger partial charge in [0.2, 0.25) is 17.7 Å². The molecule has 3 fully saturated rings. The van der Waals surface area contributed by atoms with E-state index in [2.05, 4.69) is 31.2 Å². The number of hydrogen-bond donors (Lipinski definition) is 5. The number of aromatic nitrogens is 2. The summed E-state index contributed by atoms with van der Waals surface area (Å²) in [5, 5.41) is 21.5. The number of carbonyl (C=O) groups excluding carboxylic acids is 5. The van der Waals surface area contributed by atoms with Crippen LogP contribution >= 0.6 is 0 Å². The second kappa shape index (κ2) is 13.6. The van der Waals surface area contributed by atoms with Crippen molar-refractivity contribution in [3.8, 4) is 0 Å². The molecule has 2 saturated carbocycles. The van der Waals surface area contributed by atoms with Crippen LogP contribution in [0.4, 0.5) is 0 Å². The molecule has 5 rings (SSSR count). The van der Waals surface area contributed by atoms with E-state index in [9.17, 15) is 29.1 Å². The van der Waals surface area contributed by atoms with Crippen LogP contribution in [0.2, 0.25) is 0 Å². The van der Waals surface area contributed by atoms with Crippen LogP contribution in [0.1, 0.15) is 76.2 Å². The number of carbonyl (C=O) groups is 5. The molecule has 5 amide bonds.